The summed E-state index contributed by atoms with van der Waals surface area (Å²) in [5.74, 6) is 0.0849. The van der Waals surface area contributed by atoms with Gasteiger partial charge >= 0.3 is 5.51 Å². The van der Waals surface area contributed by atoms with Crippen molar-refractivity contribution in [2.75, 3.05) is 32.6 Å². The SMILES string of the molecule is COCCCCCNCCSC(F)(F)F. The van der Waals surface area contributed by atoms with Gasteiger partial charge in [-0.1, -0.05) is 0 Å². The Balaban J connectivity index is 2.99. The molecule has 15 heavy (non-hydrogen) atoms. The molecule has 0 heterocycles. The van der Waals surface area contributed by atoms with Crippen LogP contribution in [0.4, 0.5) is 13.2 Å². The molecule has 0 saturated heterocycles. The van der Waals surface area contributed by atoms with Gasteiger partial charge in [0.25, 0.3) is 0 Å². The van der Waals surface area contributed by atoms with Gasteiger partial charge in [0, 0.05) is 26.0 Å². The number of thioether (sulfide) groups is 1. The van der Waals surface area contributed by atoms with Crippen molar-refractivity contribution < 1.29 is 17.9 Å². The average molecular weight is 245 g/mol. The second kappa shape index (κ2) is 9.30. The topological polar surface area (TPSA) is 21.3 Å². The van der Waals surface area contributed by atoms with Crippen molar-refractivity contribution in [3.05, 3.63) is 0 Å². The minimum absolute atomic E-state index is 0.0230. The van der Waals surface area contributed by atoms with E-state index in [-0.39, 0.29) is 17.5 Å². The normalized spacial score (nSPS) is 12.0. The van der Waals surface area contributed by atoms with Gasteiger partial charge < -0.3 is 10.1 Å². The fourth-order valence-electron chi connectivity index (χ4n) is 1.04. The van der Waals surface area contributed by atoms with Crippen molar-refractivity contribution in [1.82, 2.24) is 5.32 Å². The van der Waals surface area contributed by atoms with Gasteiger partial charge in [-0.15, -0.1) is 0 Å². The predicted octanol–water partition coefficient (Wildman–Crippen LogP) is 2.65. The van der Waals surface area contributed by atoms with Crippen LogP contribution in [0.5, 0.6) is 0 Å². The Morgan fingerprint density at radius 3 is 2.47 bits per heavy atom. The van der Waals surface area contributed by atoms with Crippen LogP contribution in [0, 0.1) is 0 Å². The summed E-state index contributed by atoms with van der Waals surface area (Å²) < 4.78 is 40.0. The number of hydrogen-bond donors (Lipinski definition) is 1. The predicted molar refractivity (Wildman–Crippen MR) is 57.1 cm³/mol. The van der Waals surface area contributed by atoms with Gasteiger partial charge in [-0.05, 0) is 37.6 Å². The molecule has 0 unspecified atom stereocenters. The molecule has 0 aromatic carbocycles. The van der Waals surface area contributed by atoms with Crippen LogP contribution in [0.2, 0.25) is 0 Å². The second-order valence-electron chi connectivity index (χ2n) is 3.10. The molecular weight excluding hydrogens is 227 g/mol. The maximum atomic E-state index is 11.7. The molecule has 0 spiro atoms. The first-order valence-corrected chi connectivity index (χ1v) is 5.95. The third kappa shape index (κ3) is 14.1. The smallest absolute Gasteiger partial charge is 0.385 e. The zero-order valence-electron chi connectivity index (χ0n) is 8.90. The molecule has 0 saturated carbocycles. The lowest BCUT2D eigenvalue weighted by molar-refractivity contribution is -0.0327. The van der Waals surface area contributed by atoms with Crippen molar-refractivity contribution in [3.63, 3.8) is 0 Å². The van der Waals surface area contributed by atoms with Gasteiger partial charge in [0.05, 0.1) is 0 Å². The fraction of sp³-hybridized carbons (Fsp3) is 1.00. The van der Waals surface area contributed by atoms with E-state index in [4.69, 9.17) is 4.74 Å². The molecule has 92 valence electrons. The van der Waals surface area contributed by atoms with Crippen molar-refractivity contribution in [3.8, 4) is 0 Å². The van der Waals surface area contributed by atoms with E-state index in [1.807, 2.05) is 0 Å². The van der Waals surface area contributed by atoms with E-state index in [0.29, 0.717) is 6.54 Å². The highest BCUT2D eigenvalue weighted by Crippen LogP contribution is 2.29. The fourth-order valence-corrected chi connectivity index (χ4v) is 1.51. The largest absolute Gasteiger partial charge is 0.441 e. The highest BCUT2D eigenvalue weighted by atomic mass is 32.2. The number of halogens is 3. The maximum absolute atomic E-state index is 11.7. The Bertz CT molecular complexity index is 144. The van der Waals surface area contributed by atoms with E-state index in [0.717, 1.165) is 32.4 Å². The van der Waals surface area contributed by atoms with E-state index in [2.05, 4.69) is 5.32 Å². The van der Waals surface area contributed by atoms with E-state index < -0.39 is 5.51 Å². The molecule has 0 fully saturated rings. The minimum Gasteiger partial charge on any atom is -0.385 e. The van der Waals surface area contributed by atoms with Crippen LogP contribution in [0.25, 0.3) is 0 Å². The van der Waals surface area contributed by atoms with Crippen LogP contribution in [0.15, 0.2) is 0 Å². The van der Waals surface area contributed by atoms with Gasteiger partial charge in [0.15, 0.2) is 0 Å². The van der Waals surface area contributed by atoms with Gasteiger partial charge in [0.1, 0.15) is 0 Å². The molecular formula is C9H18F3NOS. The number of rotatable bonds is 9. The highest BCUT2D eigenvalue weighted by molar-refractivity contribution is 8.00. The van der Waals surface area contributed by atoms with Crippen LogP contribution in [0.3, 0.4) is 0 Å². The molecule has 0 aromatic rings. The molecule has 0 rings (SSSR count). The van der Waals surface area contributed by atoms with Crippen LogP contribution >= 0.6 is 11.8 Å². The quantitative estimate of drug-likeness (QED) is 0.631. The zero-order valence-corrected chi connectivity index (χ0v) is 9.72. The molecule has 1 N–H and O–H groups in total. The number of nitrogens with one attached hydrogen (secondary N) is 1. The van der Waals surface area contributed by atoms with Crippen LogP contribution in [-0.2, 0) is 4.74 Å². The Hall–Kier alpha value is 0.0600. The first-order chi connectivity index (χ1) is 7.06. The van der Waals surface area contributed by atoms with E-state index in [1.54, 1.807) is 7.11 Å². The van der Waals surface area contributed by atoms with E-state index in [1.165, 1.54) is 0 Å². The first kappa shape index (κ1) is 15.1. The van der Waals surface area contributed by atoms with Crippen molar-refractivity contribution in [1.29, 1.82) is 0 Å². The summed E-state index contributed by atoms with van der Waals surface area (Å²) >= 11 is 0.0230. The Morgan fingerprint density at radius 2 is 1.87 bits per heavy atom. The lowest BCUT2D eigenvalue weighted by atomic mass is 10.2. The molecule has 6 heteroatoms. The molecule has 0 aliphatic rings. The molecule has 0 atom stereocenters. The van der Waals surface area contributed by atoms with E-state index >= 15 is 0 Å². The number of alkyl halides is 3. The number of hydrogen-bond acceptors (Lipinski definition) is 3. The van der Waals surface area contributed by atoms with Crippen LogP contribution in [-0.4, -0.2) is 38.1 Å². The third-order valence-corrected chi connectivity index (χ3v) is 2.48. The van der Waals surface area contributed by atoms with Crippen molar-refractivity contribution >= 4 is 11.8 Å². The number of ether oxygens (including phenoxy) is 1. The van der Waals surface area contributed by atoms with Gasteiger partial charge in [-0.2, -0.15) is 13.2 Å². The van der Waals surface area contributed by atoms with Gasteiger partial charge in [-0.3, -0.25) is 0 Å². The first-order valence-electron chi connectivity index (χ1n) is 4.96. The molecule has 0 bridgehead atoms. The van der Waals surface area contributed by atoms with Gasteiger partial charge in [-0.25, -0.2) is 0 Å². The number of unbranched alkanes of at least 4 members (excludes halogenated alkanes) is 2. The van der Waals surface area contributed by atoms with Crippen molar-refractivity contribution in [2.24, 2.45) is 0 Å². The van der Waals surface area contributed by atoms with Crippen LogP contribution in [0.1, 0.15) is 19.3 Å². The summed E-state index contributed by atoms with van der Waals surface area (Å²) in [6.45, 7) is 1.94. The Kier molecular flexibility index (Phi) is 9.33. The summed E-state index contributed by atoms with van der Waals surface area (Å²) in [6.07, 6.45) is 3.04. The number of methoxy groups -OCH3 is 1. The summed E-state index contributed by atoms with van der Waals surface area (Å²) in [6, 6.07) is 0. The summed E-state index contributed by atoms with van der Waals surface area (Å²) in [4.78, 5) is 0. The summed E-state index contributed by atoms with van der Waals surface area (Å²) in [5.41, 5.74) is -4.10. The summed E-state index contributed by atoms with van der Waals surface area (Å²) in [7, 11) is 1.66. The van der Waals surface area contributed by atoms with Crippen LogP contribution < -0.4 is 5.32 Å². The Labute approximate surface area is 92.9 Å². The molecule has 2 nitrogen and oxygen atoms in total. The molecule has 0 amide bonds. The average Bonchev–Trinajstić information content (AvgIpc) is 2.14. The molecule has 0 aliphatic carbocycles. The molecule has 0 aromatic heterocycles. The maximum Gasteiger partial charge on any atom is 0.441 e. The second-order valence-corrected chi connectivity index (χ2v) is 4.26. The monoisotopic (exact) mass is 245 g/mol. The molecule has 0 radical (unpaired) electrons. The standard InChI is InChI=1S/C9H18F3NOS/c1-14-7-4-2-3-5-13-6-8-15-9(10,11)12/h13H,2-8H2,1H3. The van der Waals surface area contributed by atoms with Gasteiger partial charge in [0.2, 0.25) is 0 Å². The lowest BCUT2D eigenvalue weighted by Gasteiger charge is -2.06. The third-order valence-electron chi connectivity index (χ3n) is 1.75. The zero-order chi connectivity index (χ0) is 11.6. The molecule has 0 aliphatic heterocycles. The van der Waals surface area contributed by atoms with E-state index in [9.17, 15) is 13.2 Å². The Morgan fingerprint density at radius 1 is 1.13 bits per heavy atom. The minimum atomic E-state index is -4.10. The highest BCUT2D eigenvalue weighted by Gasteiger charge is 2.27. The lowest BCUT2D eigenvalue weighted by Crippen LogP contribution is -2.20. The van der Waals surface area contributed by atoms with Crippen molar-refractivity contribution in [2.45, 2.75) is 24.8 Å². The summed E-state index contributed by atoms with van der Waals surface area (Å²) in [5, 5.41) is 2.97.